The molecule has 2 aromatic carbocycles. The number of rotatable bonds is 7. The van der Waals surface area contributed by atoms with E-state index in [2.05, 4.69) is 63.7 Å². The quantitative estimate of drug-likeness (QED) is 0.268. The number of hydrogen-bond donors (Lipinski definition) is 3. The van der Waals surface area contributed by atoms with Gasteiger partial charge in [-0.25, -0.2) is 4.18 Å². The van der Waals surface area contributed by atoms with Crippen molar-refractivity contribution < 1.29 is 41.7 Å². The Hall–Kier alpha value is -1.03. The average molecular weight is 752 g/mol. The van der Waals surface area contributed by atoms with Crippen molar-refractivity contribution in [3.63, 3.8) is 0 Å². The molecule has 0 spiro atoms. The summed E-state index contributed by atoms with van der Waals surface area (Å²) in [6, 6.07) is 0. The van der Waals surface area contributed by atoms with E-state index in [0.29, 0.717) is 6.42 Å². The number of methoxy groups -OCH3 is 1. The Kier molecular flexibility index (Phi) is 8.22. The molecule has 14 heteroatoms. The number of carbonyl (C=O) groups is 2. The van der Waals surface area contributed by atoms with E-state index in [0.717, 1.165) is 0 Å². The second-order valence-electron chi connectivity index (χ2n) is 7.26. The van der Waals surface area contributed by atoms with Crippen molar-refractivity contribution >= 4 is 85.7 Å². The smallest absolute Gasteiger partial charge is 0.397 e. The zero-order chi connectivity index (χ0) is 25.7. The number of aromatic hydroxyl groups is 2. The second kappa shape index (κ2) is 10.1. The first-order chi connectivity index (χ1) is 15.8. The lowest BCUT2D eigenvalue weighted by atomic mass is 9.81. The SMILES string of the molecule is CCCC(Cc1c(Br)c(O)c2c(c1Br)C(=O)c1c(Br)c(O)c(Br)c(OC)c1C2=O)OS(=O)(=O)O. The van der Waals surface area contributed by atoms with Gasteiger partial charge in [-0.2, -0.15) is 8.42 Å². The number of fused-ring (bicyclic) bond motifs is 2. The van der Waals surface area contributed by atoms with Gasteiger partial charge in [-0.05, 0) is 75.7 Å². The van der Waals surface area contributed by atoms with E-state index in [4.69, 9.17) is 13.5 Å². The molecular weight excluding hydrogens is 736 g/mol. The van der Waals surface area contributed by atoms with Crippen molar-refractivity contribution in [3.05, 3.63) is 45.7 Å². The summed E-state index contributed by atoms with van der Waals surface area (Å²) < 4.78 is 41.9. The van der Waals surface area contributed by atoms with Gasteiger partial charge in [0.05, 0.1) is 44.4 Å². The molecule has 0 aromatic heterocycles. The summed E-state index contributed by atoms with van der Waals surface area (Å²) in [5.74, 6) is -2.41. The van der Waals surface area contributed by atoms with Crippen LogP contribution in [0.1, 0.15) is 57.2 Å². The standard InChI is InChI=1S/C20H16Br4O9S/c1-3-4-6(33-34(29,30)31)5-7-12(21)8-10(18(27)13(7)22)17(26)11-9(16(8)25)14(23)19(28)15(24)20(11)32-2/h6,27-28H,3-5H2,1-2H3,(H,29,30,31). The first kappa shape index (κ1) is 27.6. The van der Waals surface area contributed by atoms with E-state index in [1.807, 2.05) is 0 Å². The molecule has 3 rings (SSSR count). The number of benzene rings is 2. The molecule has 0 saturated heterocycles. The highest BCUT2D eigenvalue weighted by Crippen LogP contribution is 2.52. The lowest BCUT2D eigenvalue weighted by molar-refractivity contribution is 0.0972. The molecule has 0 bridgehead atoms. The predicted molar refractivity (Wildman–Crippen MR) is 135 cm³/mol. The van der Waals surface area contributed by atoms with Gasteiger partial charge in [0, 0.05) is 10.9 Å². The van der Waals surface area contributed by atoms with Crippen LogP contribution in [0.15, 0.2) is 17.9 Å². The van der Waals surface area contributed by atoms with Gasteiger partial charge < -0.3 is 14.9 Å². The molecule has 0 fully saturated rings. The van der Waals surface area contributed by atoms with Crippen molar-refractivity contribution in [3.8, 4) is 17.2 Å². The maximum absolute atomic E-state index is 13.6. The summed E-state index contributed by atoms with van der Waals surface area (Å²) >= 11 is 12.9. The van der Waals surface area contributed by atoms with Crippen molar-refractivity contribution in [1.29, 1.82) is 0 Å². The largest absolute Gasteiger partial charge is 0.506 e. The molecule has 0 amide bonds. The van der Waals surface area contributed by atoms with Crippen LogP contribution in [0.4, 0.5) is 0 Å². The third kappa shape index (κ3) is 4.70. The average Bonchev–Trinajstić information content (AvgIpc) is 2.74. The Bertz CT molecular complexity index is 1340. The van der Waals surface area contributed by atoms with Crippen LogP contribution in [0.2, 0.25) is 0 Å². The lowest BCUT2D eigenvalue weighted by Gasteiger charge is -2.26. The van der Waals surface area contributed by atoms with Crippen LogP contribution in [0.25, 0.3) is 0 Å². The number of hydrogen-bond acceptors (Lipinski definition) is 8. The second-order valence-corrected chi connectivity index (χ2v) is 11.5. The van der Waals surface area contributed by atoms with Crippen LogP contribution in [-0.4, -0.2) is 48.0 Å². The topological polar surface area (TPSA) is 147 Å². The van der Waals surface area contributed by atoms with E-state index < -0.39 is 33.8 Å². The Morgan fingerprint density at radius 2 is 1.41 bits per heavy atom. The van der Waals surface area contributed by atoms with Gasteiger partial charge in [0.2, 0.25) is 5.78 Å². The molecule has 184 valence electrons. The molecule has 3 N–H and O–H groups in total. The number of phenolic OH excluding ortho intramolecular Hbond substituents is 2. The first-order valence-electron chi connectivity index (χ1n) is 9.52. The van der Waals surface area contributed by atoms with E-state index in [-0.39, 0.29) is 70.0 Å². The first-order valence-corrected chi connectivity index (χ1v) is 14.1. The minimum absolute atomic E-state index is 0.0404. The van der Waals surface area contributed by atoms with Gasteiger partial charge in [-0.15, -0.1) is 0 Å². The van der Waals surface area contributed by atoms with Crippen LogP contribution in [0.5, 0.6) is 17.2 Å². The van der Waals surface area contributed by atoms with Gasteiger partial charge in [0.1, 0.15) is 21.7 Å². The zero-order valence-corrected chi connectivity index (χ0v) is 24.6. The Labute approximate surface area is 228 Å². The number of carbonyl (C=O) groups excluding carboxylic acids is 2. The van der Waals surface area contributed by atoms with Gasteiger partial charge in [0.25, 0.3) is 0 Å². The highest BCUT2D eigenvalue weighted by molar-refractivity contribution is 9.11. The number of ether oxygens (including phenoxy) is 1. The maximum atomic E-state index is 13.6. The van der Waals surface area contributed by atoms with E-state index in [9.17, 15) is 28.2 Å². The third-order valence-electron chi connectivity index (χ3n) is 5.17. The number of phenols is 2. The molecule has 34 heavy (non-hydrogen) atoms. The van der Waals surface area contributed by atoms with Crippen molar-refractivity contribution in [1.82, 2.24) is 0 Å². The predicted octanol–water partition coefficient (Wildman–Crippen LogP) is 5.46. The molecule has 0 heterocycles. The molecule has 0 saturated carbocycles. The maximum Gasteiger partial charge on any atom is 0.397 e. The molecule has 9 nitrogen and oxygen atoms in total. The molecule has 1 aliphatic rings. The van der Waals surface area contributed by atoms with Crippen LogP contribution in [0.3, 0.4) is 0 Å². The fourth-order valence-electron chi connectivity index (χ4n) is 3.77. The van der Waals surface area contributed by atoms with Gasteiger partial charge in [-0.1, -0.05) is 13.3 Å². The van der Waals surface area contributed by atoms with Gasteiger partial charge >= 0.3 is 10.4 Å². The molecule has 0 aliphatic heterocycles. The van der Waals surface area contributed by atoms with Crippen LogP contribution < -0.4 is 4.74 Å². The summed E-state index contributed by atoms with van der Waals surface area (Å²) in [5.41, 5.74) is -0.558. The van der Waals surface area contributed by atoms with E-state index >= 15 is 0 Å². The fraction of sp³-hybridized carbons (Fsp3) is 0.300. The summed E-state index contributed by atoms with van der Waals surface area (Å²) in [6.45, 7) is 1.78. The minimum atomic E-state index is -4.77. The molecule has 1 unspecified atom stereocenters. The monoisotopic (exact) mass is 748 g/mol. The summed E-state index contributed by atoms with van der Waals surface area (Å²) in [7, 11) is -3.50. The Morgan fingerprint density at radius 3 is 1.94 bits per heavy atom. The van der Waals surface area contributed by atoms with Gasteiger partial charge in [0.15, 0.2) is 5.78 Å². The molecule has 1 aliphatic carbocycles. The highest BCUT2D eigenvalue weighted by Gasteiger charge is 2.42. The van der Waals surface area contributed by atoms with Crippen LogP contribution in [0, 0.1) is 0 Å². The van der Waals surface area contributed by atoms with E-state index in [1.54, 1.807) is 6.92 Å². The minimum Gasteiger partial charge on any atom is -0.506 e. The molecule has 0 radical (unpaired) electrons. The van der Waals surface area contributed by atoms with Gasteiger partial charge in [-0.3, -0.25) is 14.1 Å². The molecule has 2 aromatic rings. The van der Waals surface area contributed by atoms with Crippen molar-refractivity contribution in [2.24, 2.45) is 0 Å². The summed E-state index contributed by atoms with van der Waals surface area (Å²) in [6.07, 6.45) is -0.409. The van der Waals surface area contributed by atoms with Crippen LogP contribution >= 0.6 is 63.7 Å². The third-order valence-corrected chi connectivity index (χ3v) is 8.92. The van der Waals surface area contributed by atoms with Crippen molar-refractivity contribution in [2.45, 2.75) is 32.3 Å². The van der Waals surface area contributed by atoms with Crippen molar-refractivity contribution in [2.75, 3.05) is 7.11 Å². The normalized spacial score (nSPS) is 14.1. The Balaban J connectivity index is 2.29. The number of ketones is 2. The molecular formula is C20H16Br4O9S. The number of halogens is 4. The summed E-state index contributed by atoms with van der Waals surface area (Å²) in [5, 5.41) is 21.4. The van der Waals surface area contributed by atoms with Crippen LogP contribution in [-0.2, 0) is 21.0 Å². The highest BCUT2D eigenvalue weighted by atomic mass is 79.9. The summed E-state index contributed by atoms with van der Waals surface area (Å²) in [4.78, 5) is 27.1. The lowest BCUT2D eigenvalue weighted by Crippen LogP contribution is -2.25. The zero-order valence-electron chi connectivity index (χ0n) is 17.4. The molecule has 1 atom stereocenters. The Morgan fingerprint density at radius 1 is 0.853 bits per heavy atom. The fourth-order valence-corrected chi connectivity index (χ4v) is 7.25. The van der Waals surface area contributed by atoms with E-state index in [1.165, 1.54) is 7.11 Å².